The Bertz CT molecular complexity index is 556. The van der Waals surface area contributed by atoms with Crippen molar-refractivity contribution in [3.05, 3.63) is 6.33 Å². The first-order chi connectivity index (χ1) is 9.00. The number of rotatable bonds is 4. The second-order valence-electron chi connectivity index (χ2n) is 3.96. The Morgan fingerprint density at radius 3 is 3.11 bits per heavy atom. The van der Waals surface area contributed by atoms with Crippen LogP contribution in [-0.4, -0.2) is 52.7 Å². The lowest BCUT2D eigenvalue weighted by atomic mass is 10.4. The molecule has 19 heavy (non-hydrogen) atoms. The number of carbonyl (C=O) groups is 1. The maximum Gasteiger partial charge on any atom is 0.426 e. The summed E-state index contributed by atoms with van der Waals surface area (Å²) in [4.78, 5) is 11.3. The number of aromatic nitrogens is 3. The Balaban J connectivity index is 1.98. The van der Waals surface area contributed by atoms with Gasteiger partial charge in [0.25, 0.3) is 0 Å². The van der Waals surface area contributed by atoms with Crippen LogP contribution in [0.1, 0.15) is 13.3 Å². The molecule has 1 fully saturated rings. The number of hydrogen-bond acceptors (Lipinski definition) is 7. The van der Waals surface area contributed by atoms with Crippen molar-refractivity contribution in [3.63, 3.8) is 0 Å². The molecule has 0 spiro atoms. The number of carbonyl (C=O) groups excluding carboxylic acids is 1. The molecule has 0 radical (unpaired) electrons. The molecular formula is C9H14N4O4S2. The van der Waals surface area contributed by atoms with Gasteiger partial charge in [0.1, 0.15) is 6.33 Å². The Hall–Kier alpha value is -1.29. The first-order valence-corrected chi connectivity index (χ1v) is 8.41. The van der Waals surface area contributed by atoms with Gasteiger partial charge in [0, 0.05) is 5.25 Å². The van der Waals surface area contributed by atoms with E-state index in [0.717, 1.165) is 0 Å². The molecule has 1 atom stereocenters. The van der Waals surface area contributed by atoms with Crippen molar-refractivity contribution in [2.45, 2.75) is 23.8 Å². The number of nitrogens with zero attached hydrogens (tertiary/aromatic N) is 3. The smallest absolute Gasteiger partial charge is 0.426 e. The number of hydrogen-bond donors (Lipinski definition) is 1. The molecule has 1 N–H and O–H groups in total. The zero-order valence-corrected chi connectivity index (χ0v) is 11.9. The van der Waals surface area contributed by atoms with Crippen LogP contribution in [0.25, 0.3) is 0 Å². The quantitative estimate of drug-likeness (QED) is 0.850. The Morgan fingerprint density at radius 1 is 1.68 bits per heavy atom. The van der Waals surface area contributed by atoms with Gasteiger partial charge < -0.3 is 4.74 Å². The number of ether oxygens (including phenoxy) is 1. The van der Waals surface area contributed by atoms with E-state index in [4.69, 9.17) is 4.74 Å². The highest BCUT2D eigenvalue weighted by Crippen LogP contribution is 2.29. The summed E-state index contributed by atoms with van der Waals surface area (Å²) in [6.07, 6.45) is 1.31. The minimum atomic E-state index is -2.93. The number of amides is 1. The van der Waals surface area contributed by atoms with E-state index in [1.165, 1.54) is 22.8 Å². The summed E-state index contributed by atoms with van der Waals surface area (Å²) >= 11 is 1.29. The minimum Gasteiger partial charge on any atom is -0.449 e. The van der Waals surface area contributed by atoms with E-state index in [-0.39, 0.29) is 23.4 Å². The maximum absolute atomic E-state index is 11.4. The van der Waals surface area contributed by atoms with Gasteiger partial charge in [0.2, 0.25) is 5.16 Å². The van der Waals surface area contributed by atoms with E-state index >= 15 is 0 Å². The number of sulfone groups is 1. The first-order valence-electron chi connectivity index (χ1n) is 5.71. The van der Waals surface area contributed by atoms with Gasteiger partial charge in [-0.05, 0) is 13.3 Å². The second kappa shape index (κ2) is 5.78. The van der Waals surface area contributed by atoms with Crippen molar-refractivity contribution in [2.24, 2.45) is 0 Å². The highest BCUT2D eigenvalue weighted by Gasteiger charge is 2.30. The summed E-state index contributed by atoms with van der Waals surface area (Å²) < 4.78 is 28.8. The van der Waals surface area contributed by atoms with Crippen molar-refractivity contribution in [1.82, 2.24) is 14.9 Å². The van der Waals surface area contributed by atoms with E-state index in [0.29, 0.717) is 11.6 Å². The fraction of sp³-hybridized carbons (Fsp3) is 0.667. The van der Waals surface area contributed by atoms with Crippen molar-refractivity contribution in [1.29, 1.82) is 0 Å². The monoisotopic (exact) mass is 306 g/mol. The molecule has 0 bridgehead atoms. The summed E-state index contributed by atoms with van der Waals surface area (Å²) in [5.74, 6) is 0.327. The van der Waals surface area contributed by atoms with Crippen molar-refractivity contribution >= 4 is 27.7 Å². The van der Waals surface area contributed by atoms with Gasteiger partial charge in [-0.25, -0.2) is 23.3 Å². The van der Waals surface area contributed by atoms with Gasteiger partial charge in [0.15, 0.2) is 9.84 Å². The predicted octanol–water partition coefficient (Wildman–Crippen LogP) is 0.257. The zero-order valence-electron chi connectivity index (χ0n) is 10.3. The van der Waals surface area contributed by atoms with Crippen molar-refractivity contribution < 1.29 is 17.9 Å². The average Bonchev–Trinajstić information content (AvgIpc) is 2.87. The fourth-order valence-electron chi connectivity index (χ4n) is 1.65. The first kappa shape index (κ1) is 14.1. The lowest BCUT2D eigenvalue weighted by Gasteiger charge is -2.09. The molecule has 106 valence electrons. The fourth-order valence-corrected chi connectivity index (χ4v) is 5.07. The van der Waals surface area contributed by atoms with E-state index in [1.807, 2.05) is 0 Å². The highest BCUT2D eigenvalue weighted by molar-refractivity contribution is 8.01. The van der Waals surface area contributed by atoms with Gasteiger partial charge >= 0.3 is 6.09 Å². The van der Waals surface area contributed by atoms with E-state index in [9.17, 15) is 13.2 Å². The third kappa shape index (κ3) is 3.83. The molecule has 1 aliphatic rings. The molecule has 1 saturated heterocycles. The van der Waals surface area contributed by atoms with Crippen LogP contribution in [0.5, 0.6) is 0 Å². The predicted molar refractivity (Wildman–Crippen MR) is 69.3 cm³/mol. The standard InChI is InChI=1S/C9H14N4O4S2/c1-2-17-9(14)12-13-6-10-11-8(13)18-7-3-4-19(15,16)5-7/h6-7H,2-5H2,1H3,(H,12,14). The van der Waals surface area contributed by atoms with Crippen LogP contribution in [-0.2, 0) is 14.6 Å². The van der Waals surface area contributed by atoms with E-state index in [2.05, 4.69) is 15.6 Å². The van der Waals surface area contributed by atoms with Crippen LogP contribution in [0.3, 0.4) is 0 Å². The second-order valence-corrected chi connectivity index (χ2v) is 7.45. The van der Waals surface area contributed by atoms with Gasteiger partial charge in [-0.2, -0.15) is 0 Å². The molecule has 1 amide bonds. The summed E-state index contributed by atoms with van der Waals surface area (Å²) in [6, 6.07) is 0. The highest BCUT2D eigenvalue weighted by atomic mass is 32.2. The van der Waals surface area contributed by atoms with E-state index in [1.54, 1.807) is 6.92 Å². The summed E-state index contributed by atoms with van der Waals surface area (Å²) in [5, 5.41) is 7.92. The lowest BCUT2D eigenvalue weighted by molar-refractivity contribution is 0.164. The molecule has 0 aromatic carbocycles. The third-order valence-corrected chi connectivity index (χ3v) is 5.67. The topological polar surface area (TPSA) is 103 Å². The normalized spacial score (nSPS) is 21.2. The molecule has 1 aliphatic heterocycles. The number of thioether (sulfide) groups is 1. The van der Waals surface area contributed by atoms with Crippen LogP contribution < -0.4 is 5.43 Å². The molecule has 0 saturated carbocycles. The summed E-state index contributed by atoms with van der Waals surface area (Å²) in [6.45, 7) is 1.96. The lowest BCUT2D eigenvalue weighted by Crippen LogP contribution is -2.24. The molecule has 1 aromatic heterocycles. The van der Waals surface area contributed by atoms with Crippen molar-refractivity contribution in [3.8, 4) is 0 Å². The molecule has 0 aliphatic carbocycles. The van der Waals surface area contributed by atoms with Gasteiger partial charge in [0.05, 0.1) is 18.1 Å². The van der Waals surface area contributed by atoms with E-state index < -0.39 is 15.9 Å². The van der Waals surface area contributed by atoms with Crippen LogP contribution in [0.2, 0.25) is 0 Å². The molecule has 1 aromatic rings. The van der Waals surface area contributed by atoms with Crippen LogP contribution in [0, 0.1) is 0 Å². The van der Waals surface area contributed by atoms with Gasteiger partial charge in [-0.3, -0.25) is 0 Å². The Labute approximate surface area is 114 Å². The van der Waals surface area contributed by atoms with Gasteiger partial charge in [-0.1, -0.05) is 11.8 Å². The Kier molecular flexibility index (Phi) is 4.30. The Morgan fingerprint density at radius 2 is 2.47 bits per heavy atom. The molecule has 1 unspecified atom stereocenters. The molecule has 2 rings (SSSR count). The number of nitrogens with one attached hydrogen (secondary N) is 1. The molecule has 10 heteroatoms. The minimum absolute atomic E-state index is 0.0584. The third-order valence-electron chi connectivity index (χ3n) is 2.47. The average molecular weight is 306 g/mol. The molecular weight excluding hydrogens is 292 g/mol. The maximum atomic E-state index is 11.4. The summed E-state index contributed by atoms with van der Waals surface area (Å²) in [5.41, 5.74) is 2.45. The molecule has 2 heterocycles. The zero-order chi connectivity index (χ0) is 13.9. The molecule has 8 nitrogen and oxygen atoms in total. The summed E-state index contributed by atoms with van der Waals surface area (Å²) in [7, 11) is -2.93. The van der Waals surface area contributed by atoms with Crippen LogP contribution in [0.15, 0.2) is 11.5 Å². The van der Waals surface area contributed by atoms with Gasteiger partial charge in [-0.15, -0.1) is 10.2 Å². The SMILES string of the molecule is CCOC(=O)Nn1cnnc1SC1CCS(=O)(=O)C1. The van der Waals surface area contributed by atoms with Crippen LogP contribution in [0.4, 0.5) is 4.79 Å². The largest absolute Gasteiger partial charge is 0.449 e. The van der Waals surface area contributed by atoms with Crippen LogP contribution >= 0.6 is 11.8 Å². The van der Waals surface area contributed by atoms with Crippen molar-refractivity contribution in [2.75, 3.05) is 23.5 Å².